The lowest BCUT2D eigenvalue weighted by atomic mass is 10.8. The van der Waals surface area contributed by atoms with Crippen LogP contribution >= 0.6 is 0 Å². The lowest BCUT2D eigenvalue weighted by molar-refractivity contribution is 0.350. The van der Waals surface area contributed by atoms with E-state index in [0.717, 1.165) is 0 Å². The predicted molar refractivity (Wildman–Crippen MR) is 25.6 cm³/mol. The van der Waals surface area contributed by atoms with Crippen LogP contribution in [0.15, 0.2) is 0 Å². The molecule has 0 aliphatic rings. The maximum absolute atomic E-state index is 9.58. The summed E-state index contributed by atoms with van der Waals surface area (Å²) in [7, 11) is 0. The molecule has 0 heterocycles. The molecule has 0 aliphatic carbocycles. The molecule has 0 aromatic heterocycles. The van der Waals surface area contributed by atoms with Gasteiger partial charge in [-0.25, -0.2) is 4.21 Å². The van der Waals surface area contributed by atoms with Crippen LogP contribution in [-0.4, -0.2) is 20.5 Å². The van der Waals surface area contributed by atoms with E-state index in [9.17, 15) is 4.21 Å². The molecule has 0 rings (SSSR count). The van der Waals surface area contributed by atoms with Crippen molar-refractivity contribution in [2.24, 2.45) is 0 Å². The maximum atomic E-state index is 9.58. The molecule has 40 valence electrons. The Balaban J connectivity index is 3.45. The summed E-state index contributed by atoms with van der Waals surface area (Å²) in [5, 5.41) is 9.72. The first-order valence-corrected chi connectivity index (χ1v) is 2.58. The normalized spacial score (nSPS) is 11.7. The number of rotatable bonds is 0. The van der Waals surface area contributed by atoms with E-state index >= 15 is 0 Å². The monoisotopic (exact) mass is 120 g/mol. The summed E-state index contributed by atoms with van der Waals surface area (Å²) < 4.78 is 17.5. The molecule has 0 aliphatic heterocycles. The minimum atomic E-state index is -2.09. The van der Waals surface area contributed by atoms with Crippen LogP contribution < -0.4 is 0 Å². The molecule has 0 spiro atoms. The highest BCUT2D eigenvalue weighted by Gasteiger charge is 1.73. The fourth-order valence-electron chi connectivity index (χ4n) is 0.0940. The van der Waals surface area contributed by atoms with Gasteiger partial charge in [0.2, 0.25) is 11.1 Å². The van der Waals surface area contributed by atoms with E-state index in [1.54, 1.807) is 0 Å². The first-order valence-electron chi connectivity index (χ1n) is 1.47. The van der Waals surface area contributed by atoms with Gasteiger partial charge in [0.05, 0.1) is 0 Å². The van der Waals surface area contributed by atoms with E-state index in [-0.39, 0.29) is 6.61 Å². The van der Waals surface area contributed by atoms with Crippen LogP contribution in [0.25, 0.3) is 0 Å². The average molecular weight is 120 g/mol. The van der Waals surface area contributed by atoms with Crippen LogP contribution in [0.5, 0.6) is 0 Å². The Hall–Kier alpha value is -0.370. The van der Waals surface area contributed by atoms with Crippen molar-refractivity contribution in [3.05, 3.63) is 0 Å². The molecule has 1 unspecified atom stereocenters. The lowest BCUT2D eigenvalue weighted by Gasteiger charge is -1.68. The molecular weight excluding hydrogens is 116 g/mol. The van der Waals surface area contributed by atoms with Gasteiger partial charge < -0.3 is 5.11 Å². The second-order valence-corrected chi connectivity index (χ2v) is 1.39. The zero-order chi connectivity index (χ0) is 5.70. The third-order valence-electron chi connectivity index (χ3n) is 0.239. The van der Waals surface area contributed by atoms with Crippen molar-refractivity contribution in [3.8, 4) is 11.2 Å². The Labute approximate surface area is 43.6 Å². The number of hydrogen-bond donors (Lipinski definition) is 2. The van der Waals surface area contributed by atoms with Crippen molar-refractivity contribution in [2.75, 3.05) is 6.61 Å². The quantitative estimate of drug-likeness (QED) is 0.324. The van der Waals surface area contributed by atoms with Crippen molar-refractivity contribution in [1.82, 2.24) is 0 Å². The molecule has 0 amide bonds. The molecule has 0 aromatic carbocycles. The van der Waals surface area contributed by atoms with Crippen molar-refractivity contribution in [2.45, 2.75) is 0 Å². The van der Waals surface area contributed by atoms with Crippen molar-refractivity contribution in [1.29, 1.82) is 0 Å². The van der Waals surface area contributed by atoms with Gasteiger partial charge >= 0.3 is 0 Å². The molecule has 0 fully saturated rings. The summed E-state index contributed by atoms with van der Waals surface area (Å²) in [6.07, 6.45) is 0. The predicted octanol–water partition coefficient (Wildman–Crippen LogP) is -0.839. The highest BCUT2D eigenvalue weighted by Crippen LogP contribution is 1.61. The van der Waals surface area contributed by atoms with Crippen LogP contribution in [0, 0.1) is 11.2 Å². The van der Waals surface area contributed by atoms with Gasteiger partial charge in [0.1, 0.15) is 6.61 Å². The second-order valence-electron chi connectivity index (χ2n) is 0.686. The maximum Gasteiger partial charge on any atom is 0.233 e. The molecule has 1 atom stereocenters. The molecular formula is C3H4O3S. The summed E-state index contributed by atoms with van der Waals surface area (Å²) >= 11 is -2.09. The molecule has 2 N–H and O–H groups in total. The van der Waals surface area contributed by atoms with E-state index in [1.807, 2.05) is 11.2 Å². The number of aliphatic hydroxyl groups excluding tert-OH is 1. The van der Waals surface area contributed by atoms with E-state index in [0.29, 0.717) is 0 Å². The lowest BCUT2D eigenvalue weighted by Crippen LogP contribution is -1.78. The molecule has 0 radical (unpaired) electrons. The summed E-state index contributed by atoms with van der Waals surface area (Å²) in [5.74, 6) is 2.00. The van der Waals surface area contributed by atoms with E-state index < -0.39 is 11.1 Å². The minimum Gasteiger partial charge on any atom is -0.384 e. The third kappa shape index (κ3) is 5.63. The van der Waals surface area contributed by atoms with Crippen LogP contribution in [0.4, 0.5) is 0 Å². The van der Waals surface area contributed by atoms with Crippen LogP contribution in [0.3, 0.4) is 0 Å². The minimum absolute atomic E-state index is 0.369. The van der Waals surface area contributed by atoms with E-state index in [1.165, 1.54) is 0 Å². The highest BCUT2D eigenvalue weighted by molar-refractivity contribution is 7.84. The van der Waals surface area contributed by atoms with Crippen molar-refractivity contribution < 1.29 is 13.9 Å². The molecule has 0 bridgehead atoms. The topological polar surface area (TPSA) is 57.5 Å². The Bertz CT molecular complexity index is 120. The summed E-state index contributed by atoms with van der Waals surface area (Å²) in [6, 6.07) is 0. The van der Waals surface area contributed by atoms with Gasteiger partial charge in [-0.1, -0.05) is 5.92 Å². The first-order chi connectivity index (χ1) is 3.27. The summed E-state index contributed by atoms with van der Waals surface area (Å²) in [4.78, 5) is 0. The van der Waals surface area contributed by atoms with Crippen molar-refractivity contribution in [3.63, 3.8) is 0 Å². The Morgan fingerprint density at radius 2 is 2.29 bits per heavy atom. The Morgan fingerprint density at radius 1 is 1.71 bits per heavy atom. The zero-order valence-electron chi connectivity index (χ0n) is 3.42. The fraction of sp³-hybridized carbons (Fsp3) is 0.333. The van der Waals surface area contributed by atoms with Crippen LogP contribution in [-0.2, 0) is 11.1 Å². The fourth-order valence-corrected chi connectivity index (χ4v) is 0.282. The molecule has 0 aromatic rings. The number of aliphatic hydroxyl groups is 1. The third-order valence-corrected chi connectivity index (χ3v) is 0.557. The zero-order valence-corrected chi connectivity index (χ0v) is 4.23. The second kappa shape index (κ2) is 3.81. The van der Waals surface area contributed by atoms with Gasteiger partial charge in [-0.3, -0.25) is 4.55 Å². The van der Waals surface area contributed by atoms with E-state index in [2.05, 4.69) is 0 Å². The molecule has 3 nitrogen and oxygen atoms in total. The molecule has 7 heavy (non-hydrogen) atoms. The highest BCUT2D eigenvalue weighted by atomic mass is 32.2. The molecule has 0 saturated heterocycles. The van der Waals surface area contributed by atoms with Gasteiger partial charge in [0, 0.05) is 5.25 Å². The van der Waals surface area contributed by atoms with Gasteiger partial charge in [-0.2, -0.15) is 0 Å². The van der Waals surface area contributed by atoms with Crippen molar-refractivity contribution >= 4 is 11.1 Å². The molecule has 4 heteroatoms. The SMILES string of the molecule is O=S(O)C#CCO. The standard InChI is InChI=1S/C3H4O3S/c4-2-1-3-7(5)6/h4H,2H2,(H,5,6). The Morgan fingerprint density at radius 3 is 2.43 bits per heavy atom. The Kier molecular flexibility index (Phi) is 3.61. The van der Waals surface area contributed by atoms with Gasteiger partial charge in [-0.05, 0) is 0 Å². The van der Waals surface area contributed by atoms with Gasteiger partial charge in [0.25, 0.3) is 0 Å². The van der Waals surface area contributed by atoms with Gasteiger partial charge in [0.15, 0.2) is 0 Å². The van der Waals surface area contributed by atoms with Gasteiger partial charge in [-0.15, -0.1) is 0 Å². The molecule has 0 saturated carbocycles. The number of hydrogen-bond acceptors (Lipinski definition) is 2. The van der Waals surface area contributed by atoms with E-state index in [4.69, 9.17) is 9.66 Å². The largest absolute Gasteiger partial charge is 0.384 e. The smallest absolute Gasteiger partial charge is 0.233 e. The van der Waals surface area contributed by atoms with Crippen LogP contribution in [0.1, 0.15) is 0 Å². The summed E-state index contributed by atoms with van der Waals surface area (Å²) in [6.45, 7) is -0.369. The van der Waals surface area contributed by atoms with Crippen LogP contribution in [0.2, 0.25) is 0 Å². The summed E-state index contributed by atoms with van der Waals surface area (Å²) in [5.41, 5.74) is 0. The average Bonchev–Trinajstić information content (AvgIpc) is 1.61. The first kappa shape index (κ1) is 6.63.